The molecule has 2 aromatic rings. The van der Waals surface area contributed by atoms with E-state index in [1.165, 1.54) is 30.0 Å². The largest absolute Gasteiger partial charge is 0.484 e. The highest BCUT2D eigenvalue weighted by atomic mass is 19.1. The molecular weight excluding hydrogens is 337 g/mol. The molecule has 1 aliphatic rings. The minimum Gasteiger partial charge on any atom is -0.484 e. The minimum atomic E-state index is -0.338. The average molecular weight is 361 g/mol. The molecule has 0 atom stereocenters. The number of hydrogen-bond acceptors (Lipinski definition) is 4. The number of aromatic nitrogens is 2. The predicted octanol–water partition coefficient (Wildman–Crippen LogP) is 2.41. The Bertz CT molecular complexity index is 756. The molecule has 0 bridgehead atoms. The van der Waals surface area contributed by atoms with Gasteiger partial charge >= 0.3 is 0 Å². The van der Waals surface area contributed by atoms with Gasteiger partial charge in [-0.05, 0) is 38.1 Å². The molecule has 140 valence electrons. The lowest BCUT2D eigenvalue weighted by Gasteiger charge is -2.16. The summed E-state index contributed by atoms with van der Waals surface area (Å²) in [4.78, 5) is 11.9. The van der Waals surface area contributed by atoms with Crippen molar-refractivity contribution in [3.63, 3.8) is 0 Å². The van der Waals surface area contributed by atoms with Crippen molar-refractivity contribution in [1.29, 1.82) is 0 Å². The normalized spacial score (nSPS) is 13.5. The molecule has 1 aliphatic heterocycles. The van der Waals surface area contributed by atoms with Gasteiger partial charge < -0.3 is 14.8 Å². The molecule has 1 N–H and O–H groups in total. The van der Waals surface area contributed by atoms with E-state index in [-0.39, 0.29) is 18.3 Å². The van der Waals surface area contributed by atoms with E-state index in [2.05, 4.69) is 23.8 Å². The summed E-state index contributed by atoms with van der Waals surface area (Å²) < 4.78 is 25.8. The van der Waals surface area contributed by atoms with E-state index >= 15 is 0 Å². The number of hydrogen-bond donors (Lipinski definition) is 1. The van der Waals surface area contributed by atoms with Crippen LogP contribution in [0.2, 0.25) is 0 Å². The average Bonchev–Trinajstić information content (AvgIpc) is 3.00. The Labute approximate surface area is 152 Å². The summed E-state index contributed by atoms with van der Waals surface area (Å²) in [5.74, 6) is -0.0962. The number of fused-ring (bicyclic) bond motifs is 1. The first kappa shape index (κ1) is 18.4. The van der Waals surface area contributed by atoms with Crippen LogP contribution in [0.5, 0.6) is 5.75 Å². The Morgan fingerprint density at radius 2 is 2.15 bits per heavy atom. The Hall–Kier alpha value is -2.41. The highest BCUT2D eigenvalue weighted by molar-refractivity contribution is 5.77. The third kappa shape index (κ3) is 4.40. The number of halogens is 1. The van der Waals surface area contributed by atoms with Crippen LogP contribution < -0.4 is 10.1 Å². The van der Waals surface area contributed by atoms with E-state index in [1.54, 1.807) is 0 Å². The van der Waals surface area contributed by atoms with E-state index in [0.717, 1.165) is 24.3 Å². The van der Waals surface area contributed by atoms with Gasteiger partial charge in [0, 0.05) is 36.7 Å². The van der Waals surface area contributed by atoms with Crippen LogP contribution in [-0.2, 0) is 29.0 Å². The second kappa shape index (κ2) is 8.31. The van der Waals surface area contributed by atoms with Gasteiger partial charge in [-0.15, -0.1) is 0 Å². The van der Waals surface area contributed by atoms with Crippen molar-refractivity contribution in [2.75, 3.05) is 19.8 Å². The number of nitrogens with one attached hydrogen (secondary N) is 1. The summed E-state index contributed by atoms with van der Waals surface area (Å²) >= 11 is 0. The molecule has 0 saturated heterocycles. The van der Waals surface area contributed by atoms with Gasteiger partial charge in [0.2, 0.25) is 0 Å². The monoisotopic (exact) mass is 361 g/mol. The van der Waals surface area contributed by atoms with Crippen molar-refractivity contribution in [3.8, 4) is 5.75 Å². The number of carbonyl (C=O) groups is 1. The Kier molecular flexibility index (Phi) is 5.88. The first-order valence-corrected chi connectivity index (χ1v) is 8.86. The van der Waals surface area contributed by atoms with Gasteiger partial charge in [-0.25, -0.2) is 4.39 Å². The van der Waals surface area contributed by atoms with Crippen LogP contribution in [0, 0.1) is 5.82 Å². The second-order valence-corrected chi connectivity index (χ2v) is 6.56. The van der Waals surface area contributed by atoms with Crippen LogP contribution in [0.15, 0.2) is 24.3 Å². The van der Waals surface area contributed by atoms with Crippen LogP contribution in [-0.4, -0.2) is 35.4 Å². The third-order valence-corrected chi connectivity index (χ3v) is 4.29. The smallest absolute Gasteiger partial charge is 0.257 e. The molecule has 0 unspecified atom stereocenters. The molecule has 0 radical (unpaired) electrons. The number of amides is 1. The Balaban J connectivity index is 1.50. The van der Waals surface area contributed by atoms with Gasteiger partial charge in [-0.2, -0.15) is 5.10 Å². The topological polar surface area (TPSA) is 65.4 Å². The van der Waals surface area contributed by atoms with Gasteiger partial charge in [0.25, 0.3) is 5.91 Å². The maximum atomic E-state index is 12.8. The molecule has 1 amide bonds. The van der Waals surface area contributed by atoms with Gasteiger partial charge in [-0.3, -0.25) is 9.48 Å². The number of nitrogens with zero attached hydrogens (tertiary/aromatic N) is 2. The van der Waals surface area contributed by atoms with Gasteiger partial charge in [0.1, 0.15) is 11.6 Å². The Morgan fingerprint density at radius 3 is 2.88 bits per heavy atom. The maximum Gasteiger partial charge on any atom is 0.257 e. The van der Waals surface area contributed by atoms with Gasteiger partial charge in [0.05, 0.1) is 18.9 Å². The summed E-state index contributed by atoms with van der Waals surface area (Å²) in [6, 6.07) is 5.88. The number of benzene rings is 1. The molecule has 0 spiro atoms. The first-order valence-electron chi connectivity index (χ1n) is 8.86. The first-order chi connectivity index (χ1) is 12.5. The SMILES string of the molecule is CC(C)n1nc(CCNC(=O)COc2ccc(F)cc2)c2c1CCOC2. The molecule has 1 aromatic heterocycles. The van der Waals surface area contributed by atoms with Crippen molar-refractivity contribution in [2.45, 2.75) is 39.3 Å². The molecule has 6 nitrogen and oxygen atoms in total. The summed E-state index contributed by atoms with van der Waals surface area (Å²) in [5, 5.41) is 7.54. The maximum absolute atomic E-state index is 12.8. The van der Waals surface area contributed by atoms with Crippen LogP contribution in [0.1, 0.15) is 36.8 Å². The van der Waals surface area contributed by atoms with E-state index in [4.69, 9.17) is 14.6 Å². The number of rotatable bonds is 7. The fourth-order valence-electron chi connectivity index (χ4n) is 3.01. The third-order valence-electron chi connectivity index (χ3n) is 4.29. The molecule has 0 fully saturated rings. The van der Waals surface area contributed by atoms with Crippen molar-refractivity contribution >= 4 is 5.91 Å². The summed E-state index contributed by atoms with van der Waals surface area (Å²) in [6.07, 6.45) is 1.52. The zero-order valence-corrected chi connectivity index (χ0v) is 15.1. The summed E-state index contributed by atoms with van der Waals surface area (Å²) in [5.41, 5.74) is 3.38. The van der Waals surface area contributed by atoms with Crippen LogP contribution in [0.25, 0.3) is 0 Å². The molecular formula is C19H24FN3O3. The fraction of sp³-hybridized carbons (Fsp3) is 0.474. The zero-order chi connectivity index (χ0) is 18.5. The molecule has 7 heteroatoms. The van der Waals surface area contributed by atoms with Crippen molar-refractivity contribution in [1.82, 2.24) is 15.1 Å². The van der Waals surface area contributed by atoms with Crippen LogP contribution >= 0.6 is 0 Å². The highest BCUT2D eigenvalue weighted by Gasteiger charge is 2.22. The molecule has 0 aliphatic carbocycles. The molecule has 0 saturated carbocycles. The standard InChI is InChI=1S/C19H24FN3O3/c1-13(2)23-18-8-10-25-11-16(18)17(22-23)7-9-21-19(24)12-26-15-5-3-14(20)4-6-15/h3-6,13H,7-12H2,1-2H3,(H,21,24). The summed E-state index contributed by atoms with van der Waals surface area (Å²) in [6.45, 7) is 5.91. The van der Waals surface area contributed by atoms with Gasteiger partial charge in [0.15, 0.2) is 6.61 Å². The van der Waals surface area contributed by atoms with Crippen molar-refractivity contribution < 1.29 is 18.7 Å². The summed E-state index contributed by atoms with van der Waals surface area (Å²) in [7, 11) is 0. The van der Waals surface area contributed by atoms with Crippen molar-refractivity contribution in [2.24, 2.45) is 0 Å². The predicted molar refractivity (Wildman–Crippen MR) is 94.6 cm³/mol. The molecule has 1 aromatic carbocycles. The number of carbonyl (C=O) groups excluding carboxylic acids is 1. The highest BCUT2D eigenvalue weighted by Crippen LogP contribution is 2.23. The molecule has 26 heavy (non-hydrogen) atoms. The molecule has 3 rings (SSSR count). The lowest BCUT2D eigenvalue weighted by Crippen LogP contribution is -2.30. The lowest BCUT2D eigenvalue weighted by atomic mass is 10.1. The number of ether oxygens (including phenoxy) is 2. The van der Waals surface area contributed by atoms with Crippen LogP contribution in [0.4, 0.5) is 4.39 Å². The van der Waals surface area contributed by atoms with Gasteiger partial charge in [-0.1, -0.05) is 0 Å². The van der Waals surface area contributed by atoms with E-state index in [0.29, 0.717) is 31.4 Å². The molecule has 2 heterocycles. The quantitative estimate of drug-likeness (QED) is 0.823. The van der Waals surface area contributed by atoms with Crippen LogP contribution in [0.3, 0.4) is 0 Å². The Morgan fingerprint density at radius 1 is 1.38 bits per heavy atom. The zero-order valence-electron chi connectivity index (χ0n) is 15.1. The lowest BCUT2D eigenvalue weighted by molar-refractivity contribution is -0.123. The van der Waals surface area contributed by atoms with Crippen molar-refractivity contribution in [3.05, 3.63) is 47.0 Å². The van der Waals surface area contributed by atoms with E-state index in [1.807, 2.05) is 0 Å². The second-order valence-electron chi connectivity index (χ2n) is 6.56. The fourth-order valence-corrected chi connectivity index (χ4v) is 3.01. The van der Waals surface area contributed by atoms with E-state index in [9.17, 15) is 9.18 Å². The van der Waals surface area contributed by atoms with E-state index < -0.39 is 0 Å². The minimum absolute atomic E-state index is 0.104.